The van der Waals surface area contributed by atoms with Crippen LogP contribution in [0.25, 0.3) is 0 Å². The van der Waals surface area contributed by atoms with Gasteiger partial charge in [-0.1, -0.05) is 13.8 Å². The summed E-state index contributed by atoms with van der Waals surface area (Å²) in [6, 6.07) is 0.730. The van der Waals surface area contributed by atoms with Crippen LogP contribution >= 0.6 is 0 Å². The molecule has 4 heteroatoms. The Morgan fingerprint density at radius 2 is 1.74 bits per heavy atom. The molecule has 0 rings (SSSR count). The molecule has 0 aliphatic rings. The number of amides is 1. The first-order valence-electron chi connectivity index (χ1n) is 7.40. The molecule has 0 aromatic heterocycles. The van der Waals surface area contributed by atoms with Gasteiger partial charge in [0.15, 0.2) is 0 Å². The maximum absolute atomic E-state index is 11.7. The predicted molar refractivity (Wildman–Crippen MR) is 82.0 cm³/mol. The van der Waals surface area contributed by atoms with E-state index in [2.05, 4.69) is 37.9 Å². The number of rotatable bonds is 9. The van der Waals surface area contributed by atoms with Gasteiger partial charge in [-0.05, 0) is 47.0 Å². The average Bonchev–Trinajstić information content (AvgIpc) is 2.22. The van der Waals surface area contributed by atoms with E-state index in [1.807, 2.05) is 20.8 Å². The number of hydrogen-bond acceptors (Lipinski definition) is 3. The third-order valence-electron chi connectivity index (χ3n) is 3.38. The van der Waals surface area contributed by atoms with Crippen molar-refractivity contribution in [1.29, 1.82) is 0 Å². The molecule has 0 radical (unpaired) electrons. The van der Waals surface area contributed by atoms with E-state index in [1.54, 1.807) is 0 Å². The first-order valence-corrected chi connectivity index (χ1v) is 7.40. The zero-order valence-corrected chi connectivity index (χ0v) is 13.8. The Labute approximate surface area is 119 Å². The number of primary amides is 1. The number of nitrogens with one attached hydrogen (secondary N) is 1. The average molecular weight is 271 g/mol. The molecule has 0 aromatic carbocycles. The van der Waals surface area contributed by atoms with Crippen molar-refractivity contribution in [2.45, 2.75) is 72.5 Å². The fourth-order valence-electron chi connectivity index (χ4n) is 2.30. The van der Waals surface area contributed by atoms with E-state index in [0.29, 0.717) is 12.0 Å². The van der Waals surface area contributed by atoms with Gasteiger partial charge in [-0.25, -0.2) is 0 Å². The highest BCUT2D eigenvalue weighted by Crippen LogP contribution is 2.14. The van der Waals surface area contributed by atoms with Gasteiger partial charge in [0, 0.05) is 25.2 Å². The first-order chi connectivity index (χ1) is 8.58. The number of carbonyl (C=O) groups is 1. The summed E-state index contributed by atoms with van der Waals surface area (Å²) in [5.41, 5.74) is 4.94. The summed E-state index contributed by atoms with van der Waals surface area (Å²) in [6.45, 7) is 16.7. The lowest BCUT2D eigenvalue weighted by molar-refractivity contribution is -0.124. The third kappa shape index (κ3) is 6.92. The molecule has 0 saturated heterocycles. The van der Waals surface area contributed by atoms with Gasteiger partial charge in [0.1, 0.15) is 0 Å². The minimum absolute atomic E-state index is 0.245. The molecule has 0 aromatic rings. The highest BCUT2D eigenvalue weighted by Gasteiger charge is 2.32. The summed E-state index contributed by atoms with van der Waals surface area (Å²) in [5, 5.41) is 3.30. The molecular weight excluding hydrogens is 238 g/mol. The lowest BCUT2D eigenvalue weighted by Gasteiger charge is -2.34. The number of nitrogens with zero attached hydrogens (tertiary/aromatic N) is 1. The quantitative estimate of drug-likeness (QED) is 0.674. The highest BCUT2D eigenvalue weighted by molar-refractivity contribution is 5.84. The van der Waals surface area contributed by atoms with Gasteiger partial charge in [-0.2, -0.15) is 0 Å². The molecule has 4 nitrogen and oxygen atoms in total. The van der Waals surface area contributed by atoms with E-state index in [1.165, 1.54) is 0 Å². The smallest absolute Gasteiger partial charge is 0.237 e. The molecule has 0 spiro atoms. The Hall–Kier alpha value is -0.610. The molecule has 0 aliphatic heterocycles. The highest BCUT2D eigenvalue weighted by atomic mass is 16.1. The van der Waals surface area contributed by atoms with E-state index in [4.69, 9.17) is 5.73 Å². The van der Waals surface area contributed by atoms with Gasteiger partial charge in [0.2, 0.25) is 5.91 Å². The molecule has 1 atom stereocenters. The molecule has 3 N–H and O–H groups in total. The molecule has 0 heterocycles. The number of carbonyl (C=O) groups excluding carboxylic acids is 1. The van der Waals surface area contributed by atoms with Crippen LogP contribution in [0.1, 0.15) is 54.9 Å². The topological polar surface area (TPSA) is 58.4 Å². The second-order valence-corrected chi connectivity index (χ2v) is 6.73. The van der Waals surface area contributed by atoms with Gasteiger partial charge in [0.25, 0.3) is 0 Å². The zero-order chi connectivity index (χ0) is 15.2. The Balaban J connectivity index is 4.63. The monoisotopic (exact) mass is 271 g/mol. The largest absolute Gasteiger partial charge is 0.368 e. The van der Waals surface area contributed by atoms with Crippen molar-refractivity contribution in [3.05, 3.63) is 0 Å². The fraction of sp³-hybridized carbons (Fsp3) is 0.933. The summed E-state index contributed by atoms with van der Waals surface area (Å²) in [5.74, 6) is 0.356. The molecule has 1 amide bonds. The first kappa shape index (κ1) is 18.4. The summed E-state index contributed by atoms with van der Waals surface area (Å²) in [4.78, 5) is 14.1. The maximum atomic E-state index is 11.7. The van der Waals surface area contributed by atoms with Crippen LogP contribution in [0.5, 0.6) is 0 Å². The molecule has 0 bridgehead atoms. The Bertz CT molecular complexity index is 277. The van der Waals surface area contributed by atoms with Crippen LogP contribution < -0.4 is 11.1 Å². The second-order valence-electron chi connectivity index (χ2n) is 6.73. The molecule has 114 valence electrons. The summed E-state index contributed by atoms with van der Waals surface area (Å²) in [7, 11) is 0. The van der Waals surface area contributed by atoms with Crippen molar-refractivity contribution in [3.8, 4) is 0 Å². The Morgan fingerprint density at radius 1 is 1.21 bits per heavy atom. The number of hydrogen-bond donors (Lipinski definition) is 2. The van der Waals surface area contributed by atoms with Gasteiger partial charge >= 0.3 is 0 Å². The van der Waals surface area contributed by atoms with Gasteiger partial charge in [0.05, 0.1) is 5.54 Å². The normalized spacial score (nSPS) is 15.5. The fourth-order valence-corrected chi connectivity index (χ4v) is 2.30. The van der Waals surface area contributed by atoms with Crippen molar-refractivity contribution in [2.24, 2.45) is 11.7 Å². The van der Waals surface area contributed by atoms with E-state index in [9.17, 15) is 4.79 Å². The van der Waals surface area contributed by atoms with Crippen LogP contribution in [0.15, 0.2) is 0 Å². The lowest BCUT2D eigenvalue weighted by atomic mass is 9.95. The van der Waals surface area contributed by atoms with Crippen molar-refractivity contribution in [2.75, 3.05) is 13.1 Å². The van der Waals surface area contributed by atoms with Crippen LogP contribution in [-0.4, -0.2) is 41.5 Å². The molecule has 0 saturated carbocycles. The number of nitrogens with two attached hydrogens (primary N) is 1. The van der Waals surface area contributed by atoms with Crippen LogP contribution in [0.3, 0.4) is 0 Å². The molecule has 0 fully saturated rings. The third-order valence-corrected chi connectivity index (χ3v) is 3.38. The maximum Gasteiger partial charge on any atom is 0.237 e. The van der Waals surface area contributed by atoms with Gasteiger partial charge in [-0.15, -0.1) is 0 Å². The van der Waals surface area contributed by atoms with Gasteiger partial charge in [-0.3, -0.25) is 4.79 Å². The summed E-state index contributed by atoms with van der Waals surface area (Å²) < 4.78 is 0. The second kappa shape index (κ2) is 7.85. The van der Waals surface area contributed by atoms with E-state index < -0.39 is 5.54 Å². The van der Waals surface area contributed by atoms with E-state index in [0.717, 1.165) is 19.5 Å². The van der Waals surface area contributed by atoms with Crippen LogP contribution in [-0.2, 0) is 4.79 Å². The van der Waals surface area contributed by atoms with Crippen LogP contribution in [0.4, 0.5) is 0 Å². The minimum Gasteiger partial charge on any atom is -0.368 e. The summed E-state index contributed by atoms with van der Waals surface area (Å²) in [6.07, 6.45) is 0.741. The Morgan fingerprint density at radius 3 is 2.05 bits per heavy atom. The Kier molecular flexibility index (Phi) is 7.60. The zero-order valence-electron chi connectivity index (χ0n) is 13.8. The predicted octanol–water partition coefficient (Wildman–Crippen LogP) is 1.98. The van der Waals surface area contributed by atoms with E-state index in [-0.39, 0.29) is 11.9 Å². The van der Waals surface area contributed by atoms with Crippen LogP contribution in [0, 0.1) is 5.92 Å². The van der Waals surface area contributed by atoms with Crippen molar-refractivity contribution in [3.63, 3.8) is 0 Å². The molecule has 19 heavy (non-hydrogen) atoms. The van der Waals surface area contributed by atoms with Crippen molar-refractivity contribution < 1.29 is 4.79 Å². The van der Waals surface area contributed by atoms with E-state index >= 15 is 0 Å². The molecule has 1 unspecified atom stereocenters. The molecular formula is C15H33N3O. The van der Waals surface area contributed by atoms with Crippen molar-refractivity contribution in [1.82, 2.24) is 10.2 Å². The van der Waals surface area contributed by atoms with Crippen LogP contribution in [0.2, 0.25) is 0 Å². The molecule has 0 aliphatic carbocycles. The minimum atomic E-state index is -0.627. The lowest BCUT2D eigenvalue weighted by Crippen LogP contribution is -2.57. The summed E-state index contributed by atoms with van der Waals surface area (Å²) >= 11 is 0. The standard InChI is InChI=1S/C15H33N3O/c1-11(2)10-18(13(5)6)9-8-15(7,14(16)19)17-12(3)4/h11-13,17H,8-10H2,1-7H3,(H2,16,19). The van der Waals surface area contributed by atoms with Crippen molar-refractivity contribution >= 4 is 5.91 Å². The SMILES string of the molecule is CC(C)CN(CCC(C)(NC(C)C)C(N)=O)C(C)C. The van der Waals surface area contributed by atoms with Gasteiger partial charge < -0.3 is 16.0 Å².